The van der Waals surface area contributed by atoms with Gasteiger partial charge in [0.05, 0.1) is 11.9 Å². The average molecular weight is 406 g/mol. The van der Waals surface area contributed by atoms with Crippen LogP contribution in [0.15, 0.2) is 42.9 Å². The molecule has 0 atom stereocenters. The molecule has 30 heavy (non-hydrogen) atoms. The number of benzene rings is 1. The van der Waals surface area contributed by atoms with Gasteiger partial charge in [-0.3, -0.25) is 10.1 Å². The number of fused-ring (bicyclic) bond motifs is 1. The molecule has 0 aliphatic carbocycles. The highest BCUT2D eigenvalue weighted by Crippen LogP contribution is 2.35. The smallest absolute Gasteiger partial charge is 0.132 e. The van der Waals surface area contributed by atoms with E-state index in [1.807, 2.05) is 6.07 Å². The maximum Gasteiger partial charge on any atom is 0.132 e. The van der Waals surface area contributed by atoms with Gasteiger partial charge >= 0.3 is 0 Å². The topological polar surface area (TPSA) is 92.5 Å². The number of nitrogens with one attached hydrogen (secondary N) is 2. The van der Waals surface area contributed by atoms with Gasteiger partial charge < -0.3 is 11.1 Å². The van der Waals surface area contributed by atoms with E-state index < -0.39 is 11.6 Å². The Kier molecular flexibility index (Phi) is 4.63. The molecule has 4 heterocycles. The Morgan fingerprint density at radius 3 is 2.47 bits per heavy atom. The fourth-order valence-electron chi connectivity index (χ4n) is 4.09. The SMILES string of the molecule is Nc1ncc(-c2cn[nH]c2C2CCNCC2)cc1-c1cc2c(F)ccc(F)c2cn1. The number of nitrogen functional groups attached to an aromatic ring is 1. The highest BCUT2D eigenvalue weighted by molar-refractivity contribution is 5.88. The summed E-state index contributed by atoms with van der Waals surface area (Å²) in [6.45, 7) is 1.94. The first-order valence-corrected chi connectivity index (χ1v) is 9.86. The Morgan fingerprint density at radius 1 is 0.900 bits per heavy atom. The second kappa shape index (κ2) is 7.46. The normalized spacial score (nSPS) is 15.0. The Labute approximate surface area is 171 Å². The second-order valence-electron chi connectivity index (χ2n) is 7.52. The summed E-state index contributed by atoms with van der Waals surface area (Å²) in [5, 5.41) is 11.0. The molecule has 0 amide bonds. The van der Waals surface area contributed by atoms with Crippen molar-refractivity contribution < 1.29 is 8.78 Å². The zero-order valence-electron chi connectivity index (χ0n) is 16.1. The molecule has 1 aliphatic heterocycles. The Balaban J connectivity index is 1.59. The molecular formula is C22H20F2N6. The number of H-pyrrole nitrogens is 1. The molecule has 1 saturated heterocycles. The fraction of sp³-hybridized carbons (Fsp3) is 0.227. The zero-order valence-corrected chi connectivity index (χ0v) is 16.1. The van der Waals surface area contributed by atoms with E-state index in [1.54, 1.807) is 12.4 Å². The molecule has 0 spiro atoms. The molecule has 5 rings (SSSR count). The number of hydrogen-bond acceptors (Lipinski definition) is 5. The molecule has 0 saturated carbocycles. The standard InChI is InChI=1S/C22H20F2N6/c23-18-1-2-19(24)17-10-27-20(8-14(17)18)15-7-13(9-28-22(15)25)16-11-29-30-21(16)12-3-5-26-6-4-12/h1-2,7-12,26H,3-6H2,(H2,25,28)(H,29,30). The van der Waals surface area contributed by atoms with E-state index in [2.05, 4.69) is 25.5 Å². The van der Waals surface area contributed by atoms with Crippen molar-refractivity contribution >= 4 is 16.6 Å². The third-order valence-electron chi connectivity index (χ3n) is 5.72. The lowest BCUT2D eigenvalue weighted by molar-refractivity contribution is 0.453. The molecule has 6 nitrogen and oxygen atoms in total. The molecule has 0 unspecified atom stereocenters. The summed E-state index contributed by atoms with van der Waals surface area (Å²) < 4.78 is 28.3. The molecule has 0 bridgehead atoms. The van der Waals surface area contributed by atoms with Gasteiger partial charge in [0.15, 0.2) is 0 Å². The second-order valence-corrected chi connectivity index (χ2v) is 7.52. The van der Waals surface area contributed by atoms with Crippen LogP contribution in [0.5, 0.6) is 0 Å². The van der Waals surface area contributed by atoms with Crippen LogP contribution in [0.1, 0.15) is 24.5 Å². The van der Waals surface area contributed by atoms with Crippen LogP contribution in [0.4, 0.5) is 14.6 Å². The molecular weight excluding hydrogens is 386 g/mol. The van der Waals surface area contributed by atoms with Crippen LogP contribution in [0.3, 0.4) is 0 Å². The summed E-state index contributed by atoms with van der Waals surface area (Å²) in [6, 6.07) is 5.59. The van der Waals surface area contributed by atoms with Crippen LogP contribution in [0, 0.1) is 11.6 Å². The number of aromatic nitrogens is 4. The van der Waals surface area contributed by atoms with Crippen LogP contribution in [-0.2, 0) is 0 Å². The molecule has 3 aromatic heterocycles. The van der Waals surface area contributed by atoms with E-state index >= 15 is 0 Å². The number of rotatable bonds is 3. The minimum absolute atomic E-state index is 0.129. The lowest BCUT2D eigenvalue weighted by Crippen LogP contribution is -2.27. The Hall–Kier alpha value is -3.39. The maximum absolute atomic E-state index is 14.3. The summed E-state index contributed by atoms with van der Waals surface area (Å²) in [6.07, 6.45) is 6.88. The number of halogens is 2. The van der Waals surface area contributed by atoms with Gasteiger partial charge in [-0.25, -0.2) is 13.8 Å². The first kappa shape index (κ1) is 18.6. The zero-order chi connectivity index (χ0) is 20.7. The molecule has 0 radical (unpaired) electrons. The van der Waals surface area contributed by atoms with Gasteiger partial charge in [0.1, 0.15) is 17.5 Å². The first-order valence-electron chi connectivity index (χ1n) is 9.86. The maximum atomic E-state index is 14.3. The van der Waals surface area contributed by atoms with Gasteiger partial charge in [-0.05, 0) is 50.2 Å². The summed E-state index contributed by atoms with van der Waals surface area (Å²) in [7, 11) is 0. The summed E-state index contributed by atoms with van der Waals surface area (Å²) >= 11 is 0. The Bertz CT molecular complexity index is 1230. The van der Waals surface area contributed by atoms with Crippen molar-refractivity contribution in [1.82, 2.24) is 25.5 Å². The largest absolute Gasteiger partial charge is 0.383 e. The van der Waals surface area contributed by atoms with Gasteiger partial charge in [0.2, 0.25) is 0 Å². The Morgan fingerprint density at radius 2 is 1.67 bits per heavy atom. The highest BCUT2D eigenvalue weighted by atomic mass is 19.1. The lowest BCUT2D eigenvalue weighted by Gasteiger charge is -2.22. The van der Waals surface area contributed by atoms with Crippen molar-refractivity contribution in [2.45, 2.75) is 18.8 Å². The quantitative estimate of drug-likeness (QED) is 0.478. The minimum atomic E-state index is -0.518. The van der Waals surface area contributed by atoms with Gasteiger partial charge in [-0.15, -0.1) is 0 Å². The summed E-state index contributed by atoms with van der Waals surface area (Å²) in [4.78, 5) is 8.65. The molecule has 4 N–H and O–H groups in total. The number of aromatic amines is 1. The van der Waals surface area contributed by atoms with Crippen molar-refractivity contribution in [2.24, 2.45) is 0 Å². The third-order valence-corrected chi connectivity index (χ3v) is 5.72. The predicted octanol–water partition coefficient (Wildman–Crippen LogP) is 4.01. The lowest BCUT2D eigenvalue weighted by atomic mass is 9.90. The van der Waals surface area contributed by atoms with Crippen molar-refractivity contribution in [2.75, 3.05) is 18.8 Å². The number of anilines is 1. The van der Waals surface area contributed by atoms with Crippen LogP contribution in [-0.4, -0.2) is 33.3 Å². The van der Waals surface area contributed by atoms with Crippen molar-refractivity contribution in [3.05, 3.63) is 60.2 Å². The number of nitrogens with zero attached hydrogens (tertiary/aromatic N) is 3. The number of hydrogen-bond donors (Lipinski definition) is 3. The van der Waals surface area contributed by atoms with Crippen molar-refractivity contribution in [3.63, 3.8) is 0 Å². The van der Waals surface area contributed by atoms with Crippen molar-refractivity contribution in [1.29, 1.82) is 0 Å². The van der Waals surface area contributed by atoms with E-state index in [-0.39, 0.29) is 16.6 Å². The van der Waals surface area contributed by atoms with Crippen LogP contribution in [0.2, 0.25) is 0 Å². The van der Waals surface area contributed by atoms with Crippen LogP contribution < -0.4 is 11.1 Å². The third kappa shape index (κ3) is 3.19. The summed E-state index contributed by atoms with van der Waals surface area (Å²) in [5.41, 5.74) is 10.0. The van der Waals surface area contributed by atoms with E-state index in [1.165, 1.54) is 12.3 Å². The predicted molar refractivity (Wildman–Crippen MR) is 112 cm³/mol. The first-order chi connectivity index (χ1) is 14.6. The van der Waals surface area contributed by atoms with Gasteiger partial charge in [-0.2, -0.15) is 5.10 Å². The molecule has 8 heteroatoms. The van der Waals surface area contributed by atoms with Crippen LogP contribution in [0.25, 0.3) is 33.2 Å². The molecule has 1 fully saturated rings. The average Bonchev–Trinajstić information content (AvgIpc) is 3.27. The van der Waals surface area contributed by atoms with Gasteiger partial charge in [0, 0.05) is 51.5 Å². The van der Waals surface area contributed by atoms with Crippen LogP contribution >= 0.6 is 0 Å². The molecule has 4 aromatic rings. The summed E-state index contributed by atoms with van der Waals surface area (Å²) in [5.74, 6) is -0.369. The number of piperidine rings is 1. The number of pyridine rings is 2. The van der Waals surface area contributed by atoms with E-state index in [0.717, 1.165) is 54.9 Å². The molecule has 1 aromatic carbocycles. The van der Waals surface area contributed by atoms with E-state index in [4.69, 9.17) is 5.73 Å². The fourth-order valence-corrected chi connectivity index (χ4v) is 4.09. The van der Waals surface area contributed by atoms with Gasteiger partial charge in [-0.1, -0.05) is 0 Å². The van der Waals surface area contributed by atoms with E-state index in [9.17, 15) is 8.78 Å². The molecule has 1 aliphatic rings. The highest BCUT2D eigenvalue weighted by Gasteiger charge is 2.22. The van der Waals surface area contributed by atoms with Gasteiger partial charge in [0.25, 0.3) is 0 Å². The number of nitrogens with two attached hydrogens (primary N) is 1. The van der Waals surface area contributed by atoms with Crippen molar-refractivity contribution in [3.8, 4) is 22.4 Å². The monoisotopic (exact) mass is 406 g/mol. The molecule has 152 valence electrons. The minimum Gasteiger partial charge on any atom is -0.383 e. The van der Waals surface area contributed by atoms with E-state index in [0.29, 0.717) is 17.2 Å².